The van der Waals surface area contributed by atoms with E-state index in [1.165, 1.54) is 12.3 Å². The summed E-state index contributed by atoms with van der Waals surface area (Å²) in [7, 11) is 0. The average molecular weight is 296 g/mol. The van der Waals surface area contributed by atoms with E-state index in [4.69, 9.17) is 21.4 Å². The number of hydrogen-bond acceptors (Lipinski definition) is 4. The molecule has 3 rings (SSSR count). The van der Waals surface area contributed by atoms with Crippen LogP contribution in [0.5, 0.6) is 11.5 Å². The predicted octanol–water partition coefficient (Wildman–Crippen LogP) is 2.67. The highest BCUT2D eigenvalue weighted by atomic mass is 35.5. The van der Waals surface area contributed by atoms with Crippen LogP contribution in [0.4, 0.5) is 4.79 Å². The van der Waals surface area contributed by atoms with Crippen molar-refractivity contribution in [3.8, 4) is 11.5 Å². The van der Waals surface area contributed by atoms with Gasteiger partial charge in [-0.3, -0.25) is 4.79 Å². The first-order chi connectivity index (χ1) is 9.49. The molecule has 0 spiro atoms. The Morgan fingerprint density at radius 3 is 3.00 bits per heavy atom. The van der Waals surface area contributed by atoms with Crippen LogP contribution >= 0.6 is 11.6 Å². The maximum absolute atomic E-state index is 12.2. The number of hydrogen-bond donors (Lipinski definition) is 1. The summed E-state index contributed by atoms with van der Waals surface area (Å²) in [6.45, 7) is 2.26. The van der Waals surface area contributed by atoms with Crippen LogP contribution in [-0.4, -0.2) is 22.4 Å². The van der Waals surface area contributed by atoms with Crippen LogP contribution in [0.25, 0.3) is 10.9 Å². The summed E-state index contributed by atoms with van der Waals surface area (Å²) in [5.74, 6) is 0.202. The highest BCUT2D eigenvalue weighted by Gasteiger charge is 2.24. The first kappa shape index (κ1) is 12.8. The zero-order chi connectivity index (χ0) is 14.4. The van der Waals surface area contributed by atoms with Crippen molar-refractivity contribution < 1.29 is 19.4 Å². The van der Waals surface area contributed by atoms with Crippen molar-refractivity contribution in [2.75, 3.05) is 6.61 Å². The second-order valence-corrected chi connectivity index (χ2v) is 4.94. The molecule has 1 unspecified atom stereocenters. The third-order valence-electron chi connectivity index (χ3n) is 3.21. The molecular formula is C13H10ClNO5. The van der Waals surface area contributed by atoms with Crippen LogP contribution in [0.1, 0.15) is 13.0 Å². The topological polar surface area (TPSA) is 77.8 Å². The first-order valence-electron chi connectivity index (χ1n) is 5.90. The van der Waals surface area contributed by atoms with E-state index in [0.29, 0.717) is 28.3 Å². The Kier molecular flexibility index (Phi) is 2.83. The molecule has 104 valence electrons. The smallest absolute Gasteiger partial charge is 0.488 e. The fraction of sp³-hybridized carbons (Fsp3) is 0.231. The monoisotopic (exact) mass is 295 g/mol. The van der Waals surface area contributed by atoms with Crippen LogP contribution in [0.2, 0.25) is 5.02 Å². The van der Waals surface area contributed by atoms with E-state index in [0.717, 1.165) is 0 Å². The molecule has 1 aliphatic rings. The standard InChI is InChI=1S/C13H10ClNO5/c1-6-5-19-12-8(14)3-2-7-10(12)15(6)4-9(11(7)16)20-13(17)18/h2-4,6H,5H2,1H3,(H,17,18). The molecule has 1 atom stereocenters. The van der Waals surface area contributed by atoms with Crippen molar-refractivity contribution >= 4 is 28.7 Å². The van der Waals surface area contributed by atoms with E-state index in [9.17, 15) is 9.59 Å². The van der Waals surface area contributed by atoms with Crippen LogP contribution < -0.4 is 14.9 Å². The highest BCUT2D eigenvalue weighted by Crippen LogP contribution is 2.37. The van der Waals surface area contributed by atoms with E-state index >= 15 is 0 Å². The summed E-state index contributed by atoms with van der Waals surface area (Å²) < 4.78 is 11.9. The van der Waals surface area contributed by atoms with Crippen LogP contribution in [0, 0.1) is 0 Å². The van der Waals surface area contributed by atoms with Gasteiger partial charge in [0.25, 0.3) is 0 Å². The van der Waals surface area contributed by atoms with Crippen molar-refractivity contribution in [1.29, 1.82) is 0 Å². The lowest BCUT2D eigenvalue weighted by molar-refractivity contribution is 0.143. The van der Waals surface area contributed by atoms with Gasteiger partial charge in [0.2, 0.25) is 5.43 Å². The normalized spacial score (nSPS) is 16.8. The molecule has 0 aliphatic carbocycles. The largest absolute Gasteiger partial charge is 0.511 e. The number of carboxylic acid groups (broad SMARTS) is 1. The highest BCUT2D eigenvalue weighted by molar-refractivity contribution is 6.33. The summed E-state index contributed by atoms with van der Waals surface area (Å²) in [4.78, 5) is 22.9. The van der Waals surface area contributed by atoms with Gasteiger partial charge in [-0.15, -0.1) is 0 Å². The van der Waals surface area contributed by atoms with Gasteiger partial charge in [-0.2, -0.15) is 0 Å². The predicted molar refractivity (Wildman–Crippen MR) is 72.1 cm³/mol. The number of aromatic nitrogens is 1. The van der Waals surface area contributed by atoms with E-state index in [2.05, 4.69) is 4.74 Å². The van der Waals surface area contributed by atoms with Gasteiger partial charge in [-0.05, 0) is 19.1 Å². The van der Waals surface area contributed by atoms with Crippen molar-refractivity contribution in [2.45, 2.75) is 13.0 Å². The van der Waals surface area contributed by atoms with Crippen LogP contribution in [0.3, 0.4) is 0 Å². The van der Waals surface area contributed by atoms with Gasteiger partial charge in [-0.1, -0.05) is 11.6 Å². The van der Waals surface area contributed by atoms with Gasteiger partial charge >= 0.3 is 6.16 Å². The third-order valence-corrected chi connectivity index (χ3v) is 3.51. The molecule has 0 radical (unpaired) electrons. The number of carbonyl (C=O) groups is 1. The Labute approximate surface area is 118 Å². The van der Waals surface area contributed by atoms with Crippen molar-refractivity contribution in [1.82, 2.24) is 4.57 Å². The minimum atomic E-state index is -1.52. The van der Waals surface area contributed by atoms with E-state index in [1.807, 2.05) is 6.92 Å². The molecule has 2 heterocycles. The lowest BCUT2D eigenvalue weighted by Gasteiger charge is -2.27. The van der Waals surface area contributed by atoms with Gasteiger partial charge in [0, 0.05) is 0 Å². The number of benzene rings is 1. The Bertz CT molecular complexity index is 782. The Hall–Kier alpha value is -2.21. The lowest BCUT2D eigenvalue weighted by atomic mass is 10.1. The summed E-state index contributed by atoms with van der Waals surface area (Å²) >= 11 is 6.07. The number of nitrogens with zero attached hydrogens (tertiary/aromatic N) is 1. The molecule has 0 bridgehead atoms. The van der Waals surface area contributed by atoms with Crippen molar-refractivity contribution in [3.63, 3.8) is 0 Å². The first-order valence-corrected chi connectivity index (χ1v) is 6.27. The Balaban J connectivity index is 2.40. The SMILES string of the molecule is CC1COc2c(Cl)ccc3c(=O)c(OC(=O)O)cn1c23. The number of pyridine rings is 1. The second-order valence-electron chi connectivity index (χ2n) is 4.53. The second kappa shape index (κ2) is 4.42. The molecule has 0 amide bonds. The summed E-state index contributed by atoms with van der Waals surface area (Å²) in [5, 5.41) is 9.41. The molecule has 1 N–H and O–H groups in total. The molecule has 0 saturated heterocycles. The lowest BCUT2D eigenvalue weighted by Crippen LogP contribution is -2.24. The van der Waals surface area contributed by atoms with Crippen molar-refractivity contribution in [2.24, 2.45) is 0 Å². The van der Waals surface area contributed by atoms with Crippen LogP contribution in [-0.2, 0) is 0 Å². The molecule has 1 aliphatic heterocycles. The zero-order valence-electron chi connectivity index (χ0n) is 10.4. The fourth-order valence-electron chi connectivity index (χ4n) is 2.30. The van der Waals surface area contributed by atoms with E-state index < -0.39 is 11.6 Å². The minimum absolute atomic E-state index is 0.0692. The molecule has 20 heavy (non-hydrogen) atoms. The Morgan fingerprint density at radius 1 is 1.55 bits per heavy atom. The number of halogens is 1. The summed E-state index contributed by atoms with van der Waals surface area (Å²) in [6.07, 6.45) is -0.144. The fourth-order valence-corrected chi connectivity index (χ4v) is 2.51. The molecule has 2 aromatic rings. The number of ether oxygens (including phenoxy) is 2. The molecular weight excluding hydrogens is 286 g/mol. The van der Waals surface area contributed by atoms with E-state index in [-0.39, 0.29) is 11.8 Å². The van der Waals surface area contributed by atoms with Gasteiger partial charge in [-0.25, -0.2) is 4.79 Å². The molecule has 7 heteroatoms. The molecule has 0 saturated carbocycles. The van der Waals surface area contributed by atoms with Crippen molar-refractivity contribution in [3.05, 3.63) is 33.6 Å². The average Bonchev–Trinajstić information content (AvgIpc) is 2.39. The van der Waals surface area contributed by atoms with Crippen LogP contribution in [0.15, 0.2) is 23.1 Å². The zero-order valence-corrected chi connectivity index (χ0v) is 11.2. The molecule has 0 fully saturated rings. The molecule has 1 aromatic heterocycles. The quantitative estimate of drug-likeness (QED) is 0.818. The van der Waals surface area contributed by atoms with Gasteiger partial charge in [0.05, 0.1) is 28.2 Å². The Morgan fingerprint density at radius 2 is 2.30 bits per heavy atom. The molecule has 6 nitrogen and oxygen atoms in total. The maximum Gasteiger partial charge on any atom is 0.511 e. The maximum atomic E-state index is 12.2. The summed E-state index contributed by atoms with van der Waals surface area (Å²) in [5.41, 5.74) is 0.0493. The van der Waals surface area contributed by atoms with E-state index in [1.54, 1.807) is 10.6 Å². The third kappa shape index (κ3) is 1.80. The minimum Gasteiger partial charge on any atom is -0.488 e. The van der Waals surface area contributed by atoms with Gasteiger partial charge < -0.3 is 19.1 Å². The van der Waals surface area contributed by atoms with Gasteiger partial charge in [0.15, 0.2) is 11.5 Å². The van der Waals surface area contributed by atoms with Gasteiger partial charge in [0.1, 0.15) is 6.61 Å². The number of rotatable bonds is 1. The summed E-state index contributed by atoms with van der Waals surface area (Å²) in [6, 6.07) is 3.02. The molecule has 1 aromatic carbocycles.